The number of furan rings is 1. The fraction of sp³-hybridized carbons (Fsp3) is 0.545. The van der Waals surface area contributed by atoms with Crippen LogP contribution in [-0.2, 0) is 11.3 Å². The Morgan fingerprint density at radius 1 is 1.62 bits per heavy atom. The molecule has 1 atom stereocenters. The van der Waals surface area contributed by atoms with E-state index in [2.05, 4.69) is 12.2 Å². The van der Waals surface area contributed by atoms with Crippen molar-refractivity contribution in [1.29, 1.82) is 0 Å². The van der Waals surface area contributed by atoms with Crippen molar-refractivity contribution in [2.24, 2.45) is 0 Å². The van der Waals surface area contributed by atoms with Crippen LogP contribution in [0, 0.1) is 0 Å². The zero-order valence-electron chi connectivity index (χ0n) is 9.53. The van der Waals surface area contributed by atoms with Crippen molar-refractivity contribution in [2.45, 2.75) is 25.9 Å². The highest BCUT2D eigenvalue weighted by Crippen LogP contribution is 2.08. The number of hydrogen-bond donors (Lipinski definition) is 2. The van der Waals surface area contributed by atoms with E-state index in [-0.39, 0.29) is 11.8 Å². The van der Waals surface area contributed by atoms with Gasteiger partial charge in [0.05, 0.1) is 13.2 Å². The Morgan fingerprint density at radius 2 is 2.38 bits per heavy atom. The first-order valence-electron chi connectivity index (χ1n) is 5.21. The predicted octanol–water partition coefficient (Wildman–Crippen LogP) is 1.49. The third-order valence-electron chi connectivity index (χ3n) is 2.30. The molecule has 0 radical (unpaired) electrons. The summed E-state index contributed by atoms with van der Waals surface area (Å²) < 4.78 is 10.2. The number of nitrogens with one attached hydrogen (secondary N) is 1. The van der Waals surface area contributed by atoms with Crippen LogP contribution in [0.3, 0.4) is 0 Å². The van der Waals surface area contributed by atoms with Gasteiger partial charge in [0, 0.05) is 13.2 Å². The number of ether oxygens (including phenoxy) is 1. The average Bonchev–Trinajstić information content (AvgIpc) is 2.73. The third-order valence-corrected chi connectivity index (χ3v) is 2.30. The van der Waals surface area contributed by atoms with Crippen molar-refractivity contribution in [3.05, 3.63) is 23.7 Å². The number of carbonyl (C=O) groups is 1. The Bertz CT molecular complexity index is 334. The number of aromatic carboxylic acids is 1. The molecule has 5 heteroatoms. The Kier molecular flexibility index (Phi) is 5.01. The molecule has 1 aromatic heterocycles. The maximum absolute atomic E-state index is 10.6. The van der Waals surface area contributed by atoms with Crippen LogP contribution in [0.5, 0.6) is 0 Å². The molecule has 0 spiro atoms. The average molecular weight is 227 g/mol. The van der Waals surface area contributed by atoms with Gasteiger partial charge in [0.1, 0.15) is 5.76 Å². The molecule has 1 aromatic rings. The molecule has 0 aromatic carbocycles. The molecule has 5 nitrogen and oxygen atoms in total. The second-order valence-electron chi connectivity index (χ2n) is 3.51. The number of carboxylic acids is 1. The molecule has 0 aliphatic rings. The highest BCUT2D eigenvalue weighted by molar-refractivity contribution is 5.84. The van der Waals surface area contributed by atoms with Gasteiger partial charge < -0.3 is 19.6 Å². The zero-order chi connectivity index (χ0) is 12.0. The van der Waals surface area contributed by atoms with Gasteiger partial charge >= 0.3 is 5.97 Å². The monoisotopic (exact) mass is 227 g/mol. The summed E-state index contributed by atoms with van der Waals surface area (Å²) in [6, 6.07) is 3.37. The van der Waals surface area contributed by atoms with E-state index in [1.807, 2.05) is 0 Å². The van der Waals surface area contributed by atoms with Gasteiger partial charge in [0.25, 0.3) is 0 Å². The second-order valence-corrected chi connectivity index (χ2v) is 3.51. The van der Waals surface area contributed by atoms with Gasteiger partial charge in [-0.3, -0.25) is 0 Å². The van der Waals surface area contributed by atoms with Crippen molar-refractivity contribution in [2.75, 3.05) is 13.7 Å². The smallest absolute Gasteiger partial charge is 0.371 e. The molecular formula is C11H17NO4. The highest BCUT2D eigenvalue weighted by atomic mass is 16.5. The first-order valence-corrected chi connectivity index (χ1v) is 5.21. The van der Waals surface area contributed by atoms with Gasteiger partial charge in [-0.2, -0.15) is 0 Å². The highest BCUT2D eigenvalue weighted by Gasteiger charge is 2.10. The minimum atomic E-state index is -1.05. The topological polar surface area (TPSA) is 71.7 Å². The van der Waals surface area contributed by atoms with Crippen LogP contribution in [0.1, 0.15) is 29.7 Å². The maximum atomic E-state index is 10.6. The molecule has 0 bridgehead atoms. The first kappa shape index (κ1) is 12.7. The Hall–Kier alpha value is -1.33. The van der Waals surface area contributed by atoms with Gasteiger partial charge in [-0.25, -0.2) is 4.79 Å². The molecule has 2 N–H and O–H groups in total. The van der Waals surface area contributed by atoms with Crippen molar-refractivity contribution < 1.29 is 19.1 Å². The molecule has 0 saturated heterocycles. The molecule has 0 amide bonds. The van der Waals surface area contributed by atoms with E-state index in [9.17, 15) is 4.79 Å². The number of methoxy groups -OCH3 is 1. The van der Waals surface area contributed by atoms with Crippen LogP contribution < -0.4 is 5.32 Å². The fourth-order valence-electron chi connectivity index (χ4n) is 1.36. The normalized spacial score (nSPS) is 12.6. The molecule has 0 aliphatic carbocycles. The molecule has 1 heterocycles. The third kappa shape index (κ3) is 3.67. The molecule has 0 saturated carbocycles. The number of carboxylic acid groups (broad SMARTS) is 1. The first-order chi connectivity index (χ1) is 7.67. The predicted molar refractivity (Wildman–Crippen MR) is 58.5 cm³/mol. The maximum Gasteiger partial charge on any atom is 0.371 e. The molecular weight excluding hydrogens is 210 g/mol. The summed E-state index contributed by atoms with van der Waals surface area (Å²) in [5.74, 6) is -0.460. The Labute approximate surface area is 94.4 Å². The van der Waals surface area contributed by atoms with E-state index in [1.165, 1.54) is 6.07 Å². The van der Waals surface area contributed by atoms with E-state index in [0.717, 1.165) is 6.42 Å². The van der Waals surface area contributed by atoms with E-state index >= 15 is 0 Å². The summed E-state index contributed by atoms with van der Waals surface area (Å²) in [5, 5.41) is 11.9. The lowest BCUT2D eigenvalue weighted by molar-refractivity contribution is 0.0660. The van der Waals surface area contributed by atoms with Crippen LogP contribution in [0.15, 0.2) is 16.5 Å². The quantitative estimate of drug-likeness (QED) is 0.738. The van der Waals surface area contributed by atoms with Gasteiger partial charge in [-0.05, 0) is 18.6 Å². The molecule has 1 rings (SSSR count). The van der Waals surface area contributed by atoms with Crippen LogP contribution in [0.2, 0.25) is 0 Å². The standard InChI is InChI=1S/C11H17NO4/c1-3-8(7-15-2)12-6-9-4-5-10(16-9)11(13)14/h4-5,8,12H,3,6-7H2,1-2H3,(H,13,14). The van der Waals surface area contributed by atoms with E-state index in [1.54, 1.807) is 13.2 Å². The molecule has 90 valence electrons. The van der Waals surface area contributed by atoms with E-state index in [0.29, 0.717) is 18.9 Å². The van der Waals surface area contributed by atoms with Crippen molar-refractivity contribution in [3.8, 4) is 0 Å². The van der Waals surface area contributed by atoms with Gasteiger partial charge in [0.15, 0.2) is 0 Å². The van der Waals surface area contributed by atoms with Gasteiger partial charge in [0.2, 0.25) is 5.76 Å². The molecule has 1 unspecified atom stereocenters. The summed E-state index contributed by atoms with van der Waals surface area (Å²) in [7, 11) is 1.65. The lowest BCUT2D eigenvalue weighted by atomic mass is 10.2. The van der Waals surface area contributed by atoms with Crippen LogP contribution in [-0.4, -0.2) is 30.8 Å². The lowest BCUT2D eigenvalue weighted by Crippen LogP contribution is -2.31. The fourth-order valence-corrected chi connectivity index (χ4v) is 1.36. The minimum absolute atomic E-state index is 0.0309. The van der Waals surface area contributed by atoms with Crippen molar-refractivity contribution >= 4 is 5.97 Å². The summed E-state index contributed by atoms with van der Waals surface area (Å²) in [4.78, 5) is 10.6. The molecule has 16 heavy (non-hydrogen) atoms. The largest absolute Gasteiger partial charge is 0.475 e. The van der Waals surface area contributed by atoms with Crippen molar-refractivity contribution in [1.82, 2.24) is 5.32 Å². The Morgan fingerprint density at radius 3 is 2.88 bits per heavy atom. The van der Waals surface area contributed by atoms with Crippen LogP contribution >= 0.6 is 0 Å². The van der Waals surface area contributed by atoms with E-state index < -0.39 is 5.97 Å². The van der Waals surface area contributed by atoms with E-state index in [4.69, 9.17) is 14.3 Å². The van der Waals surface area contributed by atoms with Gasteiger partial charge in [-0.1, -0.05) is 6.92 Å². The summed E-state index contributed by atoms with van der Waals surface area (Å²) in [5.41, 5.74) is 0. The van der Waals surface area contributed by atoms with Crippen LogP contribution in [0.4, 0.5) is 0 Å². The van der Waals surface area contributed by atoms with Crippen molar-refractivity contribution in [3.63, 3.8) is 0 Å². The summed E-state index contributed by atoms with van der Waals surface area (Å²) in [6.07, 6.45) is 0.945. The summed E-state index contributed by atoms with van der Waals surface area (Å²) >= 11 is 0. The molecule has 0 aliphatic heterocycles. The Balaban J connectivity index is 2.44. The minimum Gasteiger partial charge on any atom is -0.475 e. The zero-order valence-corrected chi connectivity index (χ0v) is 9.53. The summed E-state index contributed by atoms with van der Waals surface area (Å²) in [6.45, 7) is 3.19. The second kappa shape index (κ2) is 6.30. The SMILES string of the molecule is CCC(COC)NCc1ccc(C(=O)O)o1. The van der Waals surface area contributed by atoms with Gasteiger partial charge in [-0.15, -0.1) is 0 Å². The number of rotatable bonds is 7. The lowest BCUT2D eigenvalue weighted by Gasteiger charge is -2.14. The molecule has 0 fully saturated rings. The number of hydrogen-bond acceptors (Lipinski definition) is 4. The van der Waals surface area contributed by atoms with Crippen LogP contribution in [0.25, 0.3) is 0 Å².